The molecule has 0 saturated heterocycles. The van der Waals surface area contributed by atoms with Crippen molar-refractivity contribution in [2.45, 2.75) is 12.8 Å². The summed E-state index contributed by atoms with van der Waals surface area (Å²) in [6, 6.07) is 0. The molecule has 1 saturated carbocycles. The molecule has 54 valence electrons. The normalized spacial score (nSPS) is 16.4. The molecule has 1 aliphatic rings. The zero-order valence-corrected chi connectivity index (χ0v) is 7.62. The minimum absolute atomic E-state index is 0. The van der Waals surface area contributed by atoms with Gasteiger partial charge in [0.25, 0.3) is 0 Å². The first-order valence-electron chi connectivity index (χ1n) is 2.76. The highest BCUT2D eigenvalue weighted by Crippen LogP contribution is 2.31. The molecule has 0 heterocycles. The number of nitrogens with one attached hydrogen (secondary N) is 1. The standard InChI is InChI=1S/C5H10N2S.BrH/c6-5(7)8-3-4-1-2-4;/h4H,1-3H2,(H3,6,7);1H. The number of nitrogens with two attached hydrogens (primary N) is 1. The Balaban J connectivity index is 0.000000640. The van der Waals surface area contributed by atoms with Gasteiger partial charge in [-0.15, -0.1) is 17.0 Å². The Morgan fingerprint density at radius 1 is 1.67 bits per heavy atom. The van der Waals surface area contributed by atoms with Crippen molar-refractivity contribution in [2.24, 2.45) is 11.7 Å². The zero-order chi connectivity index (χ0) is 5.98. The second kappa shape index (κ2) is 4.17. The predicted octanol–water partition coefficient (Wildman–Crippen LogP) is 1.60. The van der Waals surface area contributed by atoms with Crippen molar-refractivity contribution in [1.82, 2.24) is 0 Å². The van der Waals surface area contributed by atoms with E-state index >= 15 is 0 Å². The van der Waals surface area contributed by atoms with Crippen LogP contribution in [0.3, 0.4) is 0 Å². The molecule has 1 rings (SSSR count). The first-order chi connectivity index (χ1) is 3.79. The average Bonchev–Trinajstić information content (AvgIpc) is 2.41. The van der Waals surface area contributed by atoms with Crippen LogP contribution in [0.2, 0.25) is 0 Å². The Morgan fingerprint density at radius 2 is 2.22 bits per heavy atom. The van der Waals surface area contributed by atoms with Crippen LogP contribution in [0.15, 0.2) is 0 Å². The lowest BCUT2D eigenvalue weighted by atomic mass is 10.5. The van der Waals surface area contributed by atoms with Crippen molar-refractivity contribution in [2.75, 3.05) is 5.75 Å². The molecule has 2 nitrogen and oxygen atoms in total. The minimum Gasteiger partial charge on any atom is -0.379 e. The number of hydrogen-bond donors (Lipinski definition) is 2. The lowest BCUT2D eigenvalue weighted by Gasteiger charge is -1.92. The van der Waals surface area contributed by atoms with Crippen molar-refractivity contribution in [3.8, 4) is 0 Å². The summed E-state index contributed by atoms with van der Waals surface area (Å²) in [5.41, 5.74) is 5.11. The summed E-state index contributed by atoms with van der Waals surface area (Å²) < 4.78 is 0. The monoisotopic (exact) mass is 210 g/mol. The molecule has 0 atom stereocenters. The zero-order valence-electron chi connectivity index (χ0n) is 5.09. The van der Waals surface area contributed by atoms with Crippen molar-refractivity contribution in [1.29, 1.82) is 5.41 Å². The van der Waals surface area contributed by atoms with Crippen molar-refractivity contribution in [3.05, 3.63) is 0 Å². The maximum absolute atomic E-state index is 6.86. The predicted molar refractivity (Wildman–Crippen MR) is 47.4 cm³/mol. The van der Waals surface area contributed by atoms with Gasteiger partial charge in [-0.1, -0.05) is 11.8 Å². The van der Waals surface area contributed by atoms with E-state index < -0.39 is 0 Å². The highest BCUT2D eigenvalue weighted by molar-refractivity contribution is 8.93. The van der Waals surface area contributed by atoms with Crippen LogP contribution in [0.4, 0.5) is 0 Å². The highest BCUT2D eigenvalue weighted by atomic mass is 79.9. The van der Waals surface area contributed by atoms with Gasteiger partial charge in [0.2, 0.25) is 0 Å². The van der Waals surface area contributed by atoms with E-state index in [4.69, 9.17) is 11.1 Å². The van der Waals surface area contributed by atoms with E-state index in [1.54, 1.807) is 0 Å². The summed E-state index contributed by atoms with van der Waals surface area (Å²) in [5, 5.41) is 7.12. The van der Waals surface area contributed by atoms with Crippen LogP contribution in [-0.4, -0.2) is 10.9 Å². The third-order valence-electron chi connectivity index (χ3n) is 1.17. The fraction of sp³-hybridized carbons (Fsp3) is 0.800. The summed E-state index contributed by atoms with van der Waals surface area (Å²) >= 11 is 1.46. The van der Waals surface area contributed by atoms with Crippen LogP contribution in [0.5, 0.6) is 0 Å². The summed E-state index contributed by atoms with van der Waals surface area (Å²) in [7, 11) is 0. The van der Waals surface area contributed by atoms with Gasteiger partial charge < -0.3 is 5.73 Å². The van der Waals surface area contributed by atoms with Crippen molar-refractivity contribution >= 4 is 33.9 Å². The minimum atomic E-state index is 0. The van der Waals surface area contributed by atoms with Crippen molar-refractivity contribution < 1.29 is 0 Å². The molecule has 0 spiro atoms. The fourth-order valence-electron chi connectivity index (χ4n) is 0.492. The van der Waals surface area contributed by atoms with E-state index in [1.165, 1.54) is 24.6 Å². The summed E-state index contributed by atoms with van der Waals surface area (Å²) in [6.07, 6.45) is 2.70. The molecule has 1 aliphatic carbocycles. The lowest BCUT2D eigenvalue weighted by Crippen LogP contribution is -2.04. The van der Waals surface area contributed by atoms with Crippen LogP contribution in [0, 0.1) is 11.3 Å². The summed E-state index contributed by atoms with van der Waals surface area (Å²) in [4.78, 5) is 0. The van der Waals surface area contributed by atoms with Gasteiger partial charge in [-0.25, -0.2) is 0 Å². The van der Waals surface area contributed by atoms with Crippen molar-refractivity contribution in [3.63, 3.8) is 0 Å². The van der Waals surface area contributed by atoms with Crippen LogP contribution < -0.4 is 5.73 Å². The van der Waals surface area contributed by atoms with Gasteiger partial charge in [0.15, 0.2) is 5.17 Å². The van der Waals surface area contributed by atoms with E-state index in [2.05, 4.69) is 0 Å². The van der Waals surface area contributed by atoms with E-state index in [-0.39, 0.29) is 22.1 Å². The second-order valence-electron chi connectivity index (χ2n) is 2.12. The number of amidine groups is 1. The van der Waals surface area contributed by atoms with E-state index in [0.29, 0.717) is 0 Å². The van der Waals surface area contributed by atoms with E-state index in [0.717, 1.165) is 11.7 Å². The van der Waals surface area contributed by atoms with Crippen LogP contribution >= 0.6 is 28.7 Å². The maximum Gasteiger partial charge on any atom is 0.151 e. The lowest BCUT2D eigenvalue weighted by molar-refractivity contribution is 1.00. The van der Waals surface area contributed by atoms with Gasteiger partial charge in [-0.05, 0) is 18.8 Å². The quantitative estimate of drug-likeness (QED) is 0.538. The number of thioether (sulfide) groups is 1. The third kappa shape index (κ3) is 4.78. The molecule has 1 fully saturated rings. The van der Waals surface area contributed by atoms with Gasteiger partial charge in [0, 0.05) is 5.75 Å². The Labute approximate surface area is 69.9 Å². The number of rotatable bonds is 2. The first kappa shape index (κ1) is 9.30. The molecular formula is C5H11BrN2S. The molecule has 0 amide bonds. The molecule has 0 unspecified atom stereocenters. The first-order valence-corrected chi connectivity index (χ1v) is 3.74. The topological polar surface area (TPSA) is 49.9 Å². The molecule has 3 N–H and O–H groups in total. The number of halogens is 1. The van der Waals surface area contributed by atoms with Gasteiger partial charge in [0.05, 0.1) is 0 Å². The molecule has 0 aromatic rings. The summed E-state index contributed by atoms with van der Waals surface area (Å²) in [5.74, 6) is 1.94. The maximum atomic E-state index is 6.86. The van der Waals surface area contributed by atoms with Crippen LogP contribution in [-0.2, 0) is 0 Å². The number of hydrogen-bond acceptors (Lipinski definition) is 2. The highest BCUT2D eigenvalue weighted by Gasteiger charge is 2.20. The molecule has 0 radical (unpaired) electrons. The molecule has 4 heteroatoms. The Hall–Kier alpha value is 0.300. The van der Waals surface area contributed by atoms with Gasteiger partial charge >= 0.3 is 0 Å². The Kier molecular flexibility index (Phi) is 4.31. The molecular weight excluding hydrogens is 200 g/mol. The Bertz CT molecular complexity index is 103. The third-order valence-corrected chi connectivity index (χ3v) is 2.12. The van der Waals surface area contributed by atoms with Crippen LogP contribution in [0.25, 0.3) is 0 Å². The van der Waals surface area contributed by atoms with Gasteiger partial charge in [-0.3, -0.25) is 5.41 Å². The smallest absolute Gasteiger partial charge is 0.151 e. The van der Waals surface area contributed by atoms with Crippen LogP contribution in [0.1, 0.15) is 12.8 Å². The fourth-order valence-corrected chi connectivity index (χ4v) is 1.24. The Morgan fingerprint density at radius 3 is 2.56 bits per heavy atom. The molecule has 9 heavy (non-hydrogen) atoms. The summed E-state index contributed by atoms with van der Waals surface area (Å²) in [6.45, 7) is 0. The molecule has 0 aromatic carbocycles. The van der Waals surface area contributed by atoms with Gasteiger partial charge in [-0.2, -0.15) is 0 Å². The van der Waals surface area contributed by atoms with E-state index in [9.17, 15) is 0 Å². The average molecular weight is 211 g/mol. The SMILES string of the molecule is Br.N=C(N)SCC1CC1. The molecule has 0 bridgehead atoms. The van der Waals surface area contributed by atoms with Gasteiger partial charge in [0.1, 0.15) is 0 Å². The largest absolute Gasteiger partial charge is 0.379 e. The molecule has 0 aromatic heterocycles. The van der Waals surface area contributed by atoms with E-state index in [1.807, 2.05) is 0 Å². The second-order valence-corrected chi connectivity index (χ2v) is 3.18. The molecule has 0 aliphatic heterocycles.